The number of carbonyl (C=O) groups is 1. The summed E-state index contributed by atoms with van der Waals surface area (Å²) in [7, 11) is 0. The van der Waals surface area contributed by atoms with Crippen molar-refractivity contribution in [2.45, 2.75) is 12.7 Å². The van der Waals surface area contributed by atoms with Crippen LogP contribution in [0, 0.1) is 11.8 Å². The summed E-state index contributed by atoms with van der Waals surface area (Å²) in [6.07, 6.45) is -4.62. The van der Waals surface area contributed by atoms with Crippen LogP contribution in [0.3, 0.4) is 0 Å². The molecular formula is C29H20F3NO. The second-order valence-electron chi connectivity index (χ2n) is 7.59. The summed E-state index contributed by atoms with van der Waals surface area (Å²) in [6, 6.07) is 28.8. The van der Waals surface area contributed by atoms with E-state index in [1.807, 2.05) is 48.5 Å². The summed E-state index contributed by atoms with van der Waals surface area (Å²) in [4.78, 5) is 13.2. The van der Waals surface area contributed by atoms with Gasteiger partial charge in [0.15, 0.2) is 0 Å². The summed E-state index contributed by atoms with van der Waals surface area (Å²) < 4.78 is 41.4. The molecule has 4 aromatic carbocycles. The molecule has 1 N–H and O–H groups in total. The lowest BCUT2D eigenvalue weighted by molar-refractivity contribution is -0.137. The third kappa shape index (κ3) is 5.54. The first-order valence-electron chi connectivity index (χ1n) is 10.6. The van der Waals surface area contributed by atoms with E-state index in [-0.39, 0.29) is 23.2 Å². The highest BCUT2D eigenvalue weighted by atomic mass is 19.4. The summed E-state index contributed by atoms with van der Waals surface area (Å²) in [5, 5.41) is 2.74. The van der Waals surface area contributed by atoms with Gasteiger partial charge in [-0.05, 0) is 41.0 Å². The zero-order valence-corrected chi connectivity index (χ0v) is 18.1. The number of nitrogens with one attached hydrogen (secondary N) is 1. The molecule has 0 saturated carbocycles. The van der Waals surface area contributed by atoms with Crippen LogP contribution in [-0.4, -0.2) is 5.91 Å². The van der Waals surface area contributed by atoms with Crippen molar-refractivity contribution in [1.82, 2.24) is 5.32 Å². The minimum atomic E-state index is -4.62. The van der Waals surface area contributed by atoms with Crippen LogP contribution in [-0.2, 0) is 12.7 Å². The molecule has 0 bridgehead atoms. The number of hydrogen-bond donors (Lipinski definition) is 1. The molecule has 0 spiro atoms. The minimum absolute atomic E-state index is 0.118. The topological polar surface area (TPSA) is 29.1 Å². The molecule has 1 amide bonds. The summed E-state index contributed by atoms with van der Waals surface area (Å²) >= 11 is 0. The molecule has 0 aliphatic carbocycles. The molecule has 168 valence electrons. The Bertz CT molecular complexity index is 1340. The zero-order valence-electron chi connectivity index (χ0n) is 18.1. The molecule has 0 fully saturated rings. The minimum Gasteiger partial charge on any atom is -0.348 e. The van der Waals surface area contributed by atoms with E-state index in [1.54, 1.807) is 42.5 Å². The van der Waals surface area contributed by atoms with Crippen LogP contribution in [0.2, 0.25) is 0 Å². The summed E-state index contributed by atoms with van der Waals surface area (Å²) in [6.45, 7) is 0.183. The van der Waals surface area contributed by atoms with Gasteiger partial charge < -0.3 is 5.32 Å². The van der Waals surface area contributed by atoms with Gasteiger partial charge in [-0.1, -0.05) is 90.7 Å². The molecule has 0 heterocycles. The second kappa shape index (κ2) is 10.1. The van der Waals surface area contributed by atoms with E-state index in [0.717, 1.165) is 17.7 Å². The Labute approximate surface area is 196 Å². The number of benzene rings is 4. The Hall–Kier alpha value is -4.30. The Balaban J connectivity index is 1.86. The second-order valence-corrected chi connectivity index (χ2v) is 7.59. The van der Waals surface area contributed by atoms with E-state index in [9.17, 15) is 18.0 Å². The highest BCUT2D eigenvalue weighted by Gasteiger charge is 2.33. The third-order valence-corrected chi connectivity index (χ3v) is 5.20. The molecule has 0 aromatic heterocycles. The van der Waals surface area contributed by atoms with Crippen molar-refractivity contribution >= 4 is 5.91 Å². The average molecular weight is 455 g/mol. The number of alkyl halides is 3. The lowest BCUT2D eigenvalue weighted by Crippen LogP contribution is -2.24. The Kier molecular flexibility index (Phi) is 6.79. The van der Waals surface area contributed by atoms with Crippen LogP contribution in [0.1, 0.15) is 32.6 Å². The lowest BCUT2D eigenvalue weighted by atomic mass is 9.92. The van der Waals surface area contributed by atoms with Crippen molar-refractivity contribution in [2.75, 3.05) is 0 Å². The fraction of sp³-hybridized carbons (Fsp3) is 0.0690. The Morgan fingerprint density at radius 2 is 1.35 bits per heavy atom. The van der Waals surface area contributed by atoms with Gasteiger partial charge in [-0.15, -0.1) is 0 Å². The molecule has 0 aliphatic rings. The van der Waals surface area contributed by atoms with Gasteiger partial charge >= 0.3 is 6.18 Å². The van der Waals surface area contributed by atoms with E-state index in [4.69, 9.17) is 0 Å². The van der Waals surface area contributed by atoms with Crippen molar-refractivity contribution in [3.63, 3.8) is 0 Å². The molecule has 0 unspecified atom stereocenters. The summed E-state index contributed by atoms with van der Waals surface area (Å²) in [5.74, 6) is 5.34. The van der Waals surface area contributed by atoms with Gasteiger partial charge in [-0.25, -0.2) is 0 Å². The van der Waals surface area contributed by atoms with Gasteiger partial charge in [0.2, 0.25) is 0 Å². The molecule has 5 heteroatoms. The Morgan fingerprint density at radius 1 is 0.765 bits per heavy atom. The fourth-order valence-electron chi connectivity index (χ4n) is 3.49. The van der Waals surface area contributed by atoms with E-state index in [2.05, 4.69) is 17.2 Å². The number of hydrogen-bond acceptors (Lipinski definition) is 1. The van der Waals surface area contributed by atoms with Crippen LogP contribution in [0.15, 0.2) is 103 Å². The highest BCUT2D eigenvalue weighted by Crippen LogP contribution is 2.36. The fourth-order valence-corrected chi connectivity index (χ4v) is 3.49. The molecule has 4 rings (SSSR count). The van der Waals surface area contributed by atoms with Crippen LogP contribution in [0.5, 0.6) is 0 Å². The lowest BCUT2D eigenvalue weighted by Gasteiger charge is -2.16. The van der Waals surface area contributed by atoms with E-state index in [0.29, 0.717) is 11.1 Å². The molecule has 0 aliphatic heterocycles. The standard InChI is InChI=1S/C29H20F3NO/c30-29(31,32)24-18-26(23-14-8-3-9-15-23)25(17-16-21-10-4-1-5-11-21)27(19-24)28(34)33-20-22-12-6-2-7-13-22/h1-15,18-19H,20H2,(H,33,34). The first-order chi connectivity index (χ1) is 16.4. The number of rotatable bonds is 4. The van der Waals surface area contributed by atoms with E-state index in [1.165, 1.54) is 0 Å². The molecule has 34 heavy (non-hydrogen) atoms. The maximum atomic E-state index is 13.8. The van der Waals surface area contributed by atoms with Crippen molar-refractivity contribution in [3.05, 3.63) is 131 Å². The normalized spacial score (nSPS) is 10.8. The van der Waals surface area contributed by atoms with Gasteiger partial charge in [0.25, 0.3) is 5.91 Å². The molecule has 4 aromatic rings. The van der Waals surface area contributed by atoms with Crippen molar-refractivity contribution < 1.29 is 18.0 Å². The van der Waals surface area contributed by atoms with Crippen LogP contribution >= 0.6 is 0 Å². The first-order valence-corrected chi connectivity index (χ1v) is 10.6. The largest absolute Gasteiger partial charge is 0.416 e. The van der Waals surface area contributed by atoms with Gasteiger partial charge in [-0.3, -0.25) is 4.79 Å². The van der Waals surface area contributed by atoms with Crippen molar-refractivity contribution in [1.29, 1.82) is 0 Å². The Morgan fingerprint density at radius 3 is 1.97 bits per heavy atom. The monoisotopic (exact) mass is 455 g/mol. The van der Waals surface area contributed by atoms with Gasteiger partial charge in [0.05, 0.1) is 11.1 Å². The molecule has 0 radical (unpaired) electrons. The maximum absolute atomic E-state index is 13.8. The van der Waals surface area contributed by atoms with Crippen LogP contribution in [0.4, 0.5) is 13.2 Å². The molecule has 0 atom stereocenters. The molecular weight excluding hydrogens is 435 g/mol. The SMILES string of the molecule is O=C(NCc1ccccc1)c1cc(C(F)(F)F)cc(-c2ccccc2)c1C#Cc1ccccc1. The van der Waals surface area contributed by atoms with E-state index < -0.39 is 17.6 Å². The molecule has 0 saturated heterocycles. The number of carbonyl (C=O) groups excluding carboxylic acids is 1. The van der Waals surface area contributed by atoms with Gasteiger partial charge in [0.1, 0.15) is 0 Å². The zero-order chi connectivity index (χ0) is 24.0. The predicted octanol–water partition coefficient (Wildman–Crippen LogP) is 6.70. The smallest absolute Gasteiger partial charge is 0.348 e. The maximum Gasteiger partial charge on any atom is 0.416 e. The average Bonchev–Trinajstić information content (AvgIpc) is 2.86. The molecule has 2 nitrogen and oxygen atoms in total. The predicted molar refractivity (Wildman–Crippen MR) is 127 cm³/mol. The van der Waals surface area contributed by atoms with Crippen molar-refractivity contribution in [3.8, 4) is 23.0 Å². The third-order valence-electron chi connectivity index (χ3n) is 5.20. The quantitative estimate of drug-likeness (QED) is 0.341. The highest BCUT2D eigenvalue weighted by molar-refractivity contribution is 5.99. The van der Waals surface area contributed by atoms with Gasteiger partial charge in [-0.2, -0.15) is 13.2 Å². The van der Waals surface area contributed by atoms with E-state index >= 15 is 0 Å². The number of amides is 1. The van der Waals surface area contributed by atoms with Crippen LogP contribution in [0.25, 0.3) is 11.1 Å². The van der Waals surface area contributed by atoms with Crippen LogP contribution < -0.4 is 5.32 Å². The number of halogens is 3. The first kappa shape index (κ1) is 22.9. The van der Waals surface area contributed by atoms with Crippen molar-refractivity contribution in [2.24, 2.45) is 0 Å². The van der Waals surface area contributed by atoms with Gasteiger partial charge in [0, 0.05) is 17.7 Å². The summed E-state index contributed by atoms with van der Waals surface area (Å²) in [5.41, 5.74) is 1.55.